The Morgan fingerprint density at radius 2 is 1.93 bits per heavy atom. The van der Waals surface area contributed by atoms with Gasteiger partial charge in [0.1, 0.15) is 5.82 Å². The highest BCUT2D eigenvalue weighted by atomic mass is 32.2. The molecule has 0 bridgehead atoms. The molecule has 164 valence electrons. The molecular weight excluding hydrogens is 407 g/mol. The minimum absolute atomic E-state index is 0.0384. The summed E-state index contributed by atoms with van der Waals surface area (Å²) in [7, 11) is -2.12. The summed E-state index contributed by atoms with van der Waals surface area (Å²) < 4.78 is 42.3. The van der Waals surface area contributed by atoms with Gasteiger partial charge in [0.2, 0.25) is 5.91 Å². The third-order valence-corrected chi connectivity index (χ3v) is 7.25. The summed E-state index contributed by atoms with van der Waals surface area (Å²) in [6, 6.07) is 5.92. The van der Waals surface area contributed by atoms with Crippen LogP contribution < -0.4 is 5.32 Å². The number of imidazole rings is 1. The van der Waals surface area contributed by atoms with Gasteiger partial charge < -0.3 is 9.88 Å². The third kappa shape index (κ3) is 5.07. The largest absolute Gasteiger partial charge is 0.356 e. The number of amides is 1. The van der Waals surface area contributed by atoms with Gasteiger partial charge in [0.15, 0.2) is 5.03 Å². The minimum atomic E-state index is -3.82. The van der Waals surface area contributed by atoms with E-state index in [9.17, 15) is 17.6 Å². The highest BCUT2D eigenvalue weighted by Crippen LogP contribution is 2.35. The lowest BCUT2D eigenvalue weighted by atomic mass is 9.88. The predicted molar refractivity (Wildman–Crippen MR) is 112 cm³/mol. The lowest BCUT2D eigenvalue weighted by Crippen LogP contribution is -2.36. The number of aryl methyl sites for hydroxylation is 1. The van der Waals surface area contributed by atoms with Crippen LogP contribution in [0.2, 0.25) is 0 Å². The van der Waals surface area contributed by atoms with Crippen LogP contribution in [0.1, 0.15) is 44.1 Å². The number of unbranched alkanes of at least 4 members (excludes halogenated alkanes) is 3. The van der Waals surface area contributed by atoms with Crippen molar-refractivity contribution >= 4 is 15.9 Å². The van der Waals surface area contributed by atoms with Crippen molar-refractivity contribution in [3.05, 3.63) is 48.2 Å². The van der Waals surface area contributed by atoms with Gasteiger partial charge in [-0.05, 0) is 24.1 Å². The number of carbonyl (C=O) groups is 1. The molecule has 1 aromatic carbocycles. The average Bonchev–Trinajstić information content (AvgIpc) is 3.36. The third-order valence-electron chi connectivity index (χ3n) is 5.54. The molecule has 7 nitrogen and oxygen atoms in total. The molecule has 1 amide bonds. The highest BCUT2D eigenvalue weighted by Gasteiger charge is 2.44. The Labute approximate surface area is 177 Å². The predicted octanol–water partition coefficient (Wildman–Crippen LogP) is 2.66. The Morgan fingerprint density at radius 1 is 1.20 bits per heavy atom. The highest BCUT2D eigenvalue weighted by molar-refractivity contribution is 7.89. The van der Waals surface area contributed by atoms with Crippen LogP contribution in [0.5, 0.6) is 0 Å². The molecule has 0 unspecified atom stereocenters. The van der Waals surface area contributed by atoms with Gasteiger partial charge in [0.25, 0.3) is 10.0 Å². The zero-order chi connectivity index (χ0) is 21.7. The van der Waals surface area contributed by atoms with Crippen LogP contribution in [0.15, 0.2) is 41.8 Å². The molecule has 2 atom stereocenters. The summed E-state index contributed by atoms with van der Waals surface area (Å²) in [6.07, 6.45) is 7.05. The summed E-state index contributed by atoms with van der Waals surface area (Å²) in [5.41, 5.74) is 0.751. The van der Waals surface area contributed by atoms with E-state index in [1.165, 1.54) is 29.0 Å². The Balaban J connectivity index is 1.79. The van der Waals surface area contributed by atoms with E-state index in [0.717, 1.165) is 31.2 Å². The number of benzene rings is 1. The maximum atomic E-state index is 13.4. The van der Waals surface area contributed by atoms with Crippen molar-refractivity contribution < 1.29 is 17.6 Å². The van der Waals surface area contributed by atoms with E-state index >= 15 is 0 Å². The van der Waals surface area contributed by atoms with Gasteiger partial charge in [-0.2, -0.15) is 4.31 Å². The molecule has 0 spiro atoms. The fourth-order valence-corrected chi connectivity index (χ4v) is 5.28. The molecule has 2 aromatic rings. The van der Waals surface area contributed by atoms with Gasteiger partial charge in [0.05, 0.1) is 12.2 Å². The van der Waals surface area contributed by atoms with E-state index in [2.05, 4.69) is 17.2 Å². The Morgan fingerprint density at radius 3 is 2.57 bits per heavy atom. The van der Waals surface area contributed by atoms with Gasteiger partial charge in [-0.3, -0.25) is 4.79 Å². The van der Waals surface area contributed by atoms with E-state index in [0.29, 0.717) is 6.54 Å². The lowest BCUT2D eigenvalue weighted by molar-refractivity contribution is -0.124. The first kappa shape index (κ1) is 22.4. The van der Waals surface area contributed by atoms with Gasteiger partial charge >= 0.3 is 0 Å². The first-order valence-corrected chi connectivity index (χ1v) is 11.8. The summed E-state index contributed by atoms with van der Waals surface area (Å²) in [4.78, 5) is 16.9. The maximum absolute atomic E-state index is 13.4. The number of halogens is 1. The standard InChI is InChI=1S/C21H29FN4O3S/c1-3-4-5-6-11-23-21(27)19-13-26(30(28,29)20-14-25(2)15-24-20)12-18(19)16-7-9-17(22)10-8-16/h7-10,14-15,18-19H,3-6,11-13H2,1-2H3,(H,23,27)/t18-,19+/m1/s1. The molecule has 1 aromatic heterocycles. The van der Waals surface area contributed by atoms with Gasteiger partial charge in [-0.15, -0.1) is 0 Å². The van der Waals surface area contributed by atoms with Crippen LogP contribution in [0, 0.1) is 11.7 Å². The van der Waals surface area contributed by atoms with E-state index in [1.807, 2.05) is 0 Å². The quantitative estimate of drug-likeness (QED) is 0.613. The first-order valence-electron chi connectivity index (χ1n) is 10.3. The van der Waals surface area contributed by atoms with Crippen molar-refractivity contribution in [3.8, 4) is 0 Å². The summed E-state index contributed by atoms with van der Waals surface area (Å²) in [6.45, 7) is 2.92. The first-order chi connectivity index (χ1) is 14.3. The molecule has 0 saturated carbocycles. The Hall–Kier alpha value is -2.26. The number of hydrogen-bond donors (Lipinski definition) is 1. The van der Waals surface area contributed by atoms with Gasteiger partial charge in [-0.25, -0.2) is 17.8 Å². The molecular formula is C21H29FN4O3S. The van der Waals surface area contributed by atoms with Crippen LogP contribution in [-0.4, -0.2) is 47.8 Å². The maximum Gasteiger partial charge on any atom is 0.262 e. The van der Waals surface area contributed by atoms with Crippen molar-refractivity contribution in [1.82, 2.24) is 19.2 Å². The number of nitrogens with one attached hydrogen (secondary N) is 1. The van der Waals surface area contributed by atoms with Crippen molar-refractivity contribution in [3.63, 3.8) is 0 Å². The van der Waals surface area contributed by atoms with E-state index in [4.69, 9.17) is 0 Å². The van der Waals surface area contributed by atoms with Crippen molar-refractivity contribution in [2.45, 2.75) is 43.6 Å². The van der Waals surface area contributed by atoms with Crippen LogP contribution in [0.4, 0.5) is 4.39 Å². The summed E-state index contributed by atoms with van der Waals surface area (Å²) >= 11 is 0. The molecule has 1 fully saturated rings. The van der Waals surface area contributed by atoms with E-state index in [-0.39, 0.29) is 35.8 Å². The van der Waals surface area contributed by atoms with Crippen LogP contribution in [0.25, 0.3) is 0 Å². The molecule has 1 aliphatic heterocycles. The molecule has 2 heterocycles. The van der Waals surface area contributed by atoms with Crippen molar-refractivity contribution in [2.75, 3.05) is 19.6 Å². The number of nitrogens with zero attached hydrogens (tertiary/aromatic N) is 3. The normalized spacial score (nSPS) is 19.8. The van der Waals surface area contributed by atoms with Gasteiger partial charge in [-0.1, -0.05) is 38.3 Å². The molecule has 9 heteroatoms. The second-order valence-corrected chi connectivity index (χ2v) is 9.70. The fourth-order valence-electron chi connectivity index (χ4n) is 3.83. The van der Waals surface area contributed by atoms with Crippen molar-refractivity contribution in [1.29, 1.82) is 0 Å². The number of hydrogen-bond acceptors (Lipinski definition) is 4. The molecule has 0 radical (unpaired) electrons. The molecule has 1 N–H and O–H groups in total. The van der Waals surface area contributed by atoms with Crippen LogP contribution >= 0.6 is 0 Å². The number of sulfonamides is 1. The Bertz CT molecular complexity index is 959. The Kier molecular flexibility index (Phi) is 7.25. The SMILES string of the molecule is CCCCCCNC(=O)[C@H]1CN(S(=O)(=O)c2cn(C)cn2)C[C@@H]1c1ccc(F)cc1. The topological polar surface area (TPSA) is 84.3 Å². The van der Waals surface area contributed by atoms with Crippen molar-refractivity contribution in [2.24, 2.45) is 13.0 Å². The summed E-state index contributed by atoms with van der Waals surface area (Å²) in [5.74, 6) is -1.42. The summed E-state index contributed by atoms with van der Waals surface area (Å²) in [5, 5.41) is 2.92. The number of aromatic nitrogens is 2. The zero-order valence-electron chi connectivity index (χ0n) is 17.4. The molecule has 30 heavy (non-hydrogen) atoms. The number of carbonyl (C=O) groups excluding carboxylic acids is 1. The average molecular weight is 437 g/mol. The van der Waals surface area contributed by atoms with E-state index in [1.54, 1.807) is 23.7 Å². The van der Waals surface area contributed by atoms with Gasteiger partial charge in [0, 0.05) is 38.8 Å². The zero-order valence-corrected chi connectivity index (χ0v) is 18.2. The smallest absolute Gasteiger partial charge is 0.262 e. The molecule has 1 aliphatic rings. The molecule has 3 rings (SSSR count). The van der Waals surface area contributed by atoms with Crippen LogP contribution in [-0.2, 0) is 21.9 Å². The lowest BCUT2D eigenvalue weighted by Gasteiger charge is -2.18. The van der Waals surface area contributed by atoms with E-state index < -0.39 is 15.9 Å². The molecule has 1 saturated heterocycles. The monoisotopic (exact) mass is 436 g/mol. The molecule has 0 aliphatic carbocycles. The van der Waals surface area contributed by atoms with Crippen LogP contribution in [0.3, 0.4) is 0 Å². The second-order valence-electron chi connectivity index (χ2n) is 7.82. The second kappa shape index (κ2) is 9.70. The minimum Gasteiger partial charge on any atom is -0.356 e. The number of rotatable bonds is 9. The fraction of sp³-hybridized carbons (Fsp3) is 0.524.